The summed E-state index contributed by atoms with van der Waals surface area (Å²) in [6.45, 7) is 0. The van der Waals surface area contributed by atoms with Crippen molar-refractivity contribution in [1.29, 1.82) is 0 Å². The second-order valence-corrected chi connectivity index (χ2v) is 6.61. The molecule has 0 amide bonds. The highest BCUT2D eigenvalue weighted by atomic mass is 32.2. The second-order valence-electron chi connectivity index (χ2n) is 4.62. The van der Waals surface area contributed by atoms with E-state index < -0.39 is 16.1 Å². The topological polar surface area (TPSA) is 52.6 Å². The van der Waals surface area contributed by atoms with E-state index >= 15 is 0 Å². The lowest BCUT2D eigenvalue weighted by atomic mass is 10.2. The number of hydrogen-bond acceptors (Lipinski definition) is 4. The van der Waals surface area contributed by atoms with Gasteiger partial charge < -0.3 is 9.47 Å². The second kappa shape index (κ2) is 6.85. The van der Waals surface area contributed by atoms with Crippen LogP contribution in [0.2, 0.25) is 0 Å². The summed E-state index contributed by atoms with van der Waals surface area (Å²) in [5.41, 5.74) is 1.55. The fraction of sp³-hybridized carbons (Fsp3) is 0.250. The monoisotopic (exact) mass is 306 g/mol. The van der Waals surface area contributed by atoms with Crippen LogP contribution >= 0.6 is 0 Å². The lowest BCUT2D eigenvalue weighted by molar-refractivity contribution is -0.106. The number of benzene rings is 2. The number of methoxy groups -OCH3 is 2. The first-order chi connectivity index (χ1) is 10.1. The van der Waals surface area contributed by atoms with Crippen molar-refractivity contribution in [2.24, 2.45) is 0 Å². The fourth-order valence-corrected chi connectivity index (χ4v) is 3.43. The third kappa shape index (κ3) is 3.91. The summed E-state index contributed by atoms with van der Waals surface area (Å²) >= 11 is 0. The lowest BCUT2D eigenvalue weighted by Crippen LogP contribution is -2.07. The Morgan fingerprint density at radius 2 is 1.48 bits per heavy atom. The minimum Gasteiger partial charge on any atom is -0.352 e. The SMILES string of the molecule is COC(OC)c1ccc(S(=O)(=O)Cc2ccccc2)cc1. The van der Waals surface area contributed by atoms with Gasteiger partial charge in [-0.15, -0.1) is 0 Å². The molecule has 0 unspecified atom stereocenters. The Balaban J connectivity index is 2.21. The summed E-state index contributed by atoms with van der Waals surface area (Å²) in [5.74, 6) is -0.00876. The predicted molar refractivity (Wildman–Crippen MR) is 80.5 cm³/mol. The standard InChI is InChI=1S/C16H18O4S/c1-19-16(20-2)14-8-10-15(11-9-14)21(17,18)12-13-6-4-3-5-7-13/h3-11,16H,12H2,1-2H3. The van der Waals surface area contributed by atoms with Crippen molar-refractivity contribution in [3.05, 3.63) is 65.7 Å². The highest BCUT2D eigenvalue weighted by Crippen LogP contribution is 2.21. The van der Waals surface area contributed by atoms with E-state index in [1.165, 1.54) is 14.2 Å². The maximum absolute atomic E-state index is 12.4. The van der Waals surface area contributed by atoms with Gasteiger partial charge in [-0.05, 0) is 17.7 Å². The third-order valence-electron chi connectivity index (χ3n) is 3.14. The summed E-state index contributed by atoms with van der Waals surface area (Å²) in [6, 6.07) is 15.7. The van der Waals surface area contributed by atoms with Crippen molar-refractivity contribution >= 4 is 9.84 Å². The molecule has 0 saturated heterocycles. The molecule has 21 heavy (non-hydrogen) atoms. The highest BCUT2D eigenvalue weighted by Gasteiger charge is 2.16. The number of rotatable bonds is 6. The summed E-state index contributed by atoms with van der Waals surface area (Å²) in [4.78, 5) is 0.293. The van der Waals surface area contributed by atoms with Gasteiger partial charge in [0.2, 0.25) is 0 Å². The van der Waals surface area contributed by atoms with Crippen LogP contribution in [0.3, 0.4) is 0 Å². The molecule has 5 heteroatoms. The van der Waals surface area contributed by atoms with Gasteiger partial charge in [-0.2, -0.15) is 0 Å². The lowest BCUT2D eigenvalue weighted by Gasteiger charge is -2.14. The number of hydrogen-bond donors (Lipinski definition) is 0. The van der Waals surface area contributed by atoms with Gasteiger partial charge in [-0.3, -0.25) is 0 Å². The van der Waals surface area contributed by atoms with Gasteiger partial charge in [0.1, 0.15) is 0 Å². The molecule has 2 aromatic carbocycles. The Morgan fingerprint density at radius 1 is 0.905 bits per heavy atom. The maximum Gasteiger partial charge on any atom is 0.183 e. The quantitative estimate of drug-likeness (QED) is 0.770. The van der Waals surface area contributed by atoms with E-state index in [0.717, 1.165) is 11.1 Å². The summed E-state index contributed by atoms with van der Waals surface area (Å²) in [6.07, 6.45) is -0.490. The fourth-order valence-electron chi connectivity index (χ4n) is 2.08. The van der Waals surface area contributed by atoms with E-state index in [-0.39, 0.29) is 5.75 Å². The van der Waals surface area contributed by atoms with Crippen LogP contribution in [-0.2, 0) is 25.1 Å². The Hall–Kier alpha value is -1.69. The van der Waals surface area contributed by atoms with Crippen LogP contribution in [0.1, 0.15) is 17.4 Å². The number of ether oxygens (including phenoxy) is 2. The molecule has 0 spiro atoms. The zero-order chi connectivity index (χ0) is 15.3. The Morgan fingerprint density at radius 3 is 2.00 bits per heavy atom. The molecular formula is C16H18O4S. The molecular weight excluding hydrogens is 288 g/mol. The molecule has 4 nitrogen and oxygen atoms in total. The van der Waals surface area contributed by atoms with Gasteiger partial charge in [0.05, 0.1) is 10.6 Å². The van der Waals surface area contributed by atoms with Crippen molar-refractivity contribution in [2.45, 2.75) is 16.9 Å². The average molecular weight is 306 g/mol. The van der Waals surface area contributed by atoms with Crippen LogP contribution in [0.5, 0.6) is 0 Å². The van der Waals surface area contributed by atoms with Crippen LogP contribution in [0, 0.1) is 0 Å². The number of sulfone groups is 1. The van der Waals surface area contributed by atoms with Crippen molar-refractivity contribution in [3.8, 4) is 0 Å². The van der Waals surface area contributed by atoms with Crippen LogP contribution in [0.25, 0.3) is 0 Å². The first-order valence-corrected chi connectivity index (χ1v) is 8.14. The summed E-state index contributed by atoms with van der Waals surface area (Å²) in [7, 11) is -0.279. The van der Waals surface area contributed by atoms with Gasteiger partial charge in [-0.25, -0.2) is 8.42 Å². The van der Waals surface area contributed by atoms with Crippen LogP contribution in [0.4, 0.5) is 0 Å². The largest absolute Gasteiger partial charge is 0.352 e. The van der Waals surface area contributed by atoms with Gasteiger partial charge in [0.15, 0.2) is 16.1 Å². The van der Waals surface area contributed by atoms with Gasteiger partial charge in [-0.1, -0.05) is 42.5 Å². The van der Waals surface area contributed by atoms with Gasteiger partial charge in [0, 0.05) is 19.8 Å². The predicted octanol–water partition coefficient (Wildman–Crippen LogP) is 2.95. The Bertz CT molecular complexity index is 659. The molecule has 0 aromatic heterocycles. The smallest absolute Gasteiger partial charge is 0.183 e. The molecule has 0 heterocycles. The Labute approximate surface area is 125 Å². The molecule has 0 fully saturated rings. The molecule has 112 valence electrons. The molecule has 0 bridgehead atoms. The zero-order valence-corrected chi connectivity index (χ0v) is 12.8. The molecule has 0 radical (unpaired) electrons. The van der Waals surface area contributed by atoms with E-state index in [1.54, 1.807) is 36.4 Å². The minimum atomic E-state index is -3.35. The van der Waals surface area contributed by atoms with E-state index in [2.05, 4.69) is 0 Å². The average Bonchev–Trinajstić information content (AvgIpc) is 2.50. The van der Waals surface area contributed by atoms with E-state index in [1.807, 2.05) is 18.2 Å². The summed E-state index contributed by atoms with van der Waals surface area (Å²) < 4.78 is 35.0. The zero-order valence-electron chi connectivity index (χ0n) is 12.0. The molecule has 0 N–H and O–H groups in total. The van der Waals surface area contributed by atoms with E-state index in [4.69, 9.17) is 9.47 Å². The molecule has 0 atom stereocenters. The van der Waals surface area contributed by atoms with E-state index in [0.29, 0.717) is 4.90 Å². The molecule has 0 aliphatic rings. The molecule has 0 aliphatic carbocycles. The summed E-state index contributed by atoms with van der Waals surface area (Å²) in [5, 5.41) is 0. The maximum atomic E-state index is 12.4. The Kier molecular flexibility index (Phi) is 5.12. The van der Waals surface area contributed by atoms with Crippen molar-refractivity contribution in [1.82, 2.24) is 0 Å². The first kappa shape index (κ1) is 15.7. The van der Waals surface area contributed by atoms with Crippen LogP contribution in [-0.4, -0.2) is 22.6 Å². The van der Waals surface area contributed by atoms with Crippen molar-refractivity contribution in [2.75, 3.05) is 14.2 Å². The van der Waals surface area contributed by atoms with Crippen LogP contribution < -0.4 is 0 Å². The molecule has 2 aromatic rings. The van der Waals surface area contributed by atoms with E-state index in [9.17, 15) is 8.42 Å². The normalized spacial score (nSPS) is 11.8. The minimum absolute atomic E-state index is 0.00876. The van der Waals surface area contributed by atoms with Gasteiger partial charge in [0.25, 0.3) is 0 Å². The molecule has 0 saturated carbocycles. The van der Waals surface area contributed by atoms with Crippen LogP contribution in [0.15, 0.2) is 59.5 Å². The third-order valence-corrected chi connectivity index (χ3v) is 4.84. The van der Waals surface area contributed by atoms with Crippen molar-refractivity contribution < 1.29 is 17.9 Å². The first-order valence-electron chi connectivity index (χ1n) is 6.49. The highest BCUT2D eigenvalue weighted by molar-refractivity contribution is 7.90. The molecule has 2 rings (SSSR count). The van der Waals surface area contributed by atoms with Gasteiger partial charge >= 0.3 is 0 Å². The van der Waals surface area contributed by atoms with Crippen molar-refractivity contribution in [3.63, 3.8) is 0 Å². The molecule has 0 aliphatic heterocycles.